The molecule has 3 aromatic heterocycles. The molecule has 1 atom stereocenters. The Bertz CT molecular complexity index is 1140. The molecule has 0 aromatic carbocycles. The first kappa shape index (κ1) is 21.6. The van der Waals surface area contributed by atoms with Crippen LogP contribution in [0.1, 0.15) is 42.7 Å². The van der Waals surface area contributed by atoms with Crippen molar-refractivity contribution < 1.29 is 9.84 Å². The molecule has 5 N–H and O–H groups in total. The average molecular weight is 434 g/mol. The summed E-state index contributed by atoms with van der Waals surface area (Å²) in [7, 11) is 0. The summed E-state index contributed by atoms with van der Waals surface area (Å²) in [6.07, 6.45) is 6.27. The van der Waals surface area contributed by atoms with Crippen LogP contribution in [0.2, 0.25) is 0 Å². The number of aliphatic hydroxyl groups is 1. The molecule has 9 nitrogen and oxygen atoms in total. The lowest BCUT2D eigenvalue weighted by Crippen LogP contribution is -2.39. The fourth-order valence-corrected chi connectivity index (χ4v) is 3.88. The van der Waals surface area contributed by atoms with Gasteiger partial charge in [-0.25, -0.2) is 4.52 Å². The van der Waals surface area contributed by atoms with Gasteiger partial charge in [0.05, 0.1) is 24.2 Å². The van der Waals surface area contributed by atoms with Gasteiger partial charge in [-0.3, -0.25) is 4.98 Å². The normalized spacial score (nSPS) is 16.3. The number of hydrogen-bond acceptors (Lipinski definition) is 8. The maximum atomic E-state index is 9.94. The van der Waals surface area contributed by atoms with Gasteiger partial charge in [0, 0.05) is 29.7 Å². The number of fused-ring (bicyclic) bond motifs is 1. The highest BCUT2D eigenvalue weighted by molar-refractivity contribution is 5.74. The number of hydrogen-bond donors (Lipinski definition) is 4. The second-order valence-corrected chi connectivity index (χ2v) is 7.81. The van der Waals surface area contributed by atoms with E-state index in [2.05, 4.69) is 26.8 Å². The smallest absolute Gasteiger partial charge is 0.163 e. The largest absolute Gasteiger partial charge is 0.479 e. The van der Waals surface area contributed by atoms with Crippen molar-refractivity contribution in [3.8, 4) is 11.8 Å². The maximum Gasteiger partial charge on any atom is 0.163 e. The molecule has 0 radical (unpaired) electrons. The minimum atomic E-state index is -0.698. The Labute approximate surface area is 186 Å². The molecule has 1 fully saturated rings. The molecule has 32 heavy (non-hydrogen) atoms. The van der Waals surface area contributed by atoms with Crippen LogP contribution in [0.4, 0.5) is 0 Å². The SMILES string of the molecule is C/C(NC1CCNCC1)=C(/N)c1cc(OC(CO)c2ccccn2)c2c(C#N)cnn2c1. The van der Waals surface area contributed by atoms with Crippen LogP contribution < -0.4 is 21.1 Å². The van der Waals surface area contributed by atoms with E-state index in [4.69, 9.17) is 10.5 Å². The van der Waals surface area contributed by atoms with Crippen molar-refractivity contribution in [2.24, 2.45) is 5.73 Å². The Balaban J connectivity index is 1.72. The van der Waals surface area contributed by atoms with Crippen LogP contribution in [0, 0.1) is 11.3 Å². The molecule has 4 rings (SSSR count). The van der Waals surface area contributed by atoms with Gasteiger partial charge in [-0.2, -0.15) is 10.4 Å². The van der Waals surface area contributed by atoms with Gasteiger partial charge < -0.3 is 26.2 Å². The minimum Gasteiger partial charge on any atom is -0.479 e. The summed E-state index contributed by atoms with van der Waals surface area (Å²) in [5.41, 5.74) is 10.1. The van der Waals surface area contributed by atoms with Crippen LogP contribution in [-0.2, 0) is 0 Å². The molecule has 1 aliphatic rings. The quantitative estimate of drug-likeness (QED) is 0.442. The summed E-state index contributed by atoms with van der Waals surface area (Å²) < 4.78 is 7.74. The number of aliphatic hydroxyl groups excluding tert-OH is 1. The van der Waals surface area contributed by atoms with Crippen molar-refractivity contribution in [1.82, 2.24) is 25.2 Å². The monoisotopic (exact) mass is 433 g/mol. The van der Waals surface area contributed by atoms with Crippen molar-refractivity contribution in [3.05, 3.63) is 65.4 Å². The van der Waals surface area contributed by atoms with Crippen LogP contribution >= 0.6 is 0 Å². The molecule has 3 aromatic rings. The van der Waals surface area contributed by atoms with Crippen LogP contribution in [0.3, 0.4) is 0 Å². The van der Waals surface area contributed by atoms with Crippen molar-refractivity contribution in [2.75, 3.05) is 19.7 Å². The lowest BCUT2D eigenvalue weighted by molar-refractivity contribution is 0.114. The predicted octanol–water partition coefficient (Wildman–Crippen LogP) is 1.70. The number of pyridine rings is 2. The number of nitrogens with one attached hydrogen (secondary N) is 2. The highest BCUT2D eigenvalue weighted by atomic mass is 16.5. The van der Waals surface area contributed by atoms with Crippen molar-refractivity contribution >= 4 is 11.2 Å². The second-order valence-electron chi connectivity index (χ2n) is 7.81. The lowest BCUT2D eigenvalue weighted by atomic mass is 10.1. The van der Waals surface area contributed by atoms with Gasteiger partial charge in [0.15, 0.2) is 6.10 Å². The molecular weight excluding hydrogens is 406 g/mol. The van der Waals surface area contributed by atoms with Gasteiger partial charge in [-0.1, -0.05) is 6.07 Å². The number of nitrogens with two attached hydrogens (primary N) is 1. The van der Waals surface area contributed by atoms with E-state index in [-0.39, 0.29) is 6.61 Å². The third-order valence-electron chi connectivity index (χ3n) is 5.62. The maximum absolute atomic E-state index is 9.94. The van der Waals surface area contributed by atoms with Gasteiger partial charge >= 0.3 is 0 Å². The summed E-state index contributed by atoms with van der Waals surface area (Å²) in [6, 6.07) is 9.71. The van der Waals surface area contributed by atoms with E-state index in [9.17, 15) is 10.4 Å². The first-order valence-corrected chi connectivity index (χ1v) is 10.6. The predicted molar refractivity (Wildman–Crippen MR) is 120 cm³/mol. The van der Waals surface area contributed by atoms with E-state index >= 15 is 0 Å². The van der Waals surface area contributed by atoms with Crippen molar-refractivity contribution in [1.29, 1.82) is 5.26 Å². The molecule has 166 valence electrons. The van der Waals surface area contributed by atoms with E-state index < -0.39 is 6.10 Å². The molecule has 1 aliphatic heterocycles. The molecular formula is C23H27N7O2. The molecule has 0 aliphatic carbocycles. The zero-order valence-electron chi connectivity index (χ0n) is 18.0. The number of nitriles is 1. The summed E-state index contributed by atoms with van der Waals surface area (Å²) in [5, 5.41) is 30.7. The van der Waals surface area contributed by atoms with Gasteiger partial charge in [-0.05, 0) is 51.1 Å². The van der Waals surface area contributed by atoms with Gasteiger partial charge in [-0.15, -0.1) is 0 Å². The van der Waals surface area contributed by atoms with Gasteiger partial charge in [0.25, 0.3) is 0 Å². The number of aromatic nitrogens is 3. The molecule has 1 unspecified atom stereocenters. The first-order chi connectivity index (χ1) is 15.6. The Morgan fingerprint density at radius 2 is 2.25 bits per heavy atom. The van der Waals surface area contributed by atoms with E-state index in [0.29, 0.717) is 39.8 Å². The highest BCUT2D eigenvalue weighted by Gasteiger charge is 2.20. The van der Waals surface area contributed by atoms with Crippen molar-refractivity contribution in [3.63, 3.8) is 0 Å². The summed E-state index contributed by atoms with van der Waals surface area (Å²) >= 11 is 0. The minimum absolute atomic E-state index is 0.273. The number of ether oxygens (including phenoxy) is 1. The summed E-state index contributed by atoms with van der Waals surface area (Å²) in [6.45, 7) is 3.64. The fraction of sp³-hybridized carbons (Fsp3) is 0.348. The fourth-order valence-electron chi connectivity index (χ4n) is 3.88. The summed E-state index contributed by atoms with van der Waals surface area (Å²) in [5.74, 6) is 0.402. The Kier molecular flexibility index (Phi) is 6.54. The molecule has 0 saturated carbocycles. The van der Waals surface area contributed by atoms with Crippen LogP contribution in [0.25, 0.3) is 11.2 Å². The highest BCUT2D eigenvalue weighted by Crippen LogP contribution is 2.31. The van der Waals surface area contributed by atoms with Crippen molar-refractivity contribution in [2.45, 2.75) is 31.9 Å². The van der Waals surface area contributed by atoms with Gasteiger partial charge in [0.2, 0.25) is 0 Å². The Hall–Kier alpha value is -3.61. The summed E-state index contributed by atoms with van der Waals surface area (Å²) in [4.78, 5) is 4.29. The molecule has 1 saturated heterocycles. The number of piperidine rings is 1. The zero-order valence-corrected chi connectivity index (χ0v) is 18.0. The van der Waals surface area contributed by atoms with Crippen LogP contribution in [-0.4, -0.2) is 45.4 Å². The topological polar surface area (TPSA) is 134 Å². The average Bonchev–Trinajstić information content (AvgIpc) is 3.26. The Morgan fingerprint density at radius 1 is 1.44 bits per heavy atom. The second kappa shape index (κ2) is 9.68. The van der Waals surface area contributed by atoms with E-state index in [0.717, 1.165) is 31.6 Å². The standard InChI is InChI=1S/C23H27N7O2/c1-15(29-18-5-8-26-9-6-18)22(25)16-10-20(23-17(11-24)12-28-30(23)13-16)32-21(14-31)19-4-2-3-7-27-19/h2-4,7,10,12-13,18,21,26,29,31H,5-6,8-9,14,25H2,1H3/b22-15-. The molecule has 0 bridgehead atoms. The Morgan fingerprint density at radius 3 is 2.94 bits per heavy atom. The van der Waals surface area contributed by atoms with Gasteiger partial charge in [0.1, 0.15) is 22.9 Å². The third kappa shape index (κ3) is 4.51. The molecule has 4 heterocycles. The number of allylic oxidation sites excluding steroid dienone is 1. The molecule has 9 heteroatoms. The van der Waals surface area contributed by atoms with Crippen LogP contribution in [0.15, 0.2) is 48.6 Å². The number of rotatable bonds is 7. The van der Waals surface area contributed by atoms with E-state index in [1.807, 2.05) is 13.0 Å². The van der Waals surface area contributed by atoms with E-state index in [1.54, 1.807) is 35.1 Å². The molecule has 0 spiro atoms. The third-order valence-corrected chi connectivity index (χ3v) is 5.62. The lowest BCUT2D eigenvalue weighted by Gasteiger charge is -2.26. The van der Waals surface area contributed by atoms with E-state index in [1.165, 1.54) is 6.20 Å². The number of nitrogens with zero attached hydrogens (tertiary/aromatic N) is 4. The first-order valence-electron chi connectivity index (χ1n) is 10.6. The van der Waals surface area contributed by atoms with Crippen LogP contribution in [0.5, 0.6) is 5.75 Å². The zero-order chi connectivity index (χ0) is 22.5. The molecule has 0 amide bonds.